The van der Waals surface area contributed by atoms with E-state index in [1.54, 1.807) is 13.0 Å². The van der Waals surface area contributed by atoms with Crippen molar-refractivity contribution in [3.8, 4) is 0 Å². The molecule has 0 saturated heterocycles. The van der Waals surface area contributed by atoms with Crippen LogP contribution in [0.3, 0.4) is 0 Å². The minimum Gasteiger partial charge on any atom is -0.465 e. The highest BCUT2D eigenvalue weighted by atomic mass is 16.5. The Bertz CT molecular complexity index is 425. The molecule has 4 nitrogen and oxygen atoms in total. The Morgan fingerprint density at radius 2 is 2.39 bits per heavy atom. The van der Waals surface area contributed by atoms with Gasteiger partial charge in [0.2, 0.25) is 0 Å². The molecule has 18 heavy (non-hydrogen) atoms. The highest BCUT2D eigenvalue weighted by Gasteiger charge is 2.35. The molecule has 1 aliphatic carbocycles. The van der Waals surface area contributed by atoms with E-state index in [2.05, 4.69) is 12.2 Å². The molecule has 0 spiro atoms. The zero-order valence-corrected chi connectivity index (χ0v) is 11.3. The SMILES string of the molecule is CCCC1CC1NCc1cc(C(=O)OC)c(C)o1. The molecular weight excluding hydrogens is 230 g/mol. The molecule has 1 aromatic rings. The Kier molecular flexibility index (Phi) is 4.07. The molecule has 1 fully saturated rings. The van der Waals surface area contributed by atoms with Crippen LogP contribution in [0.25, 0.3) is 0 Å². The van der Waals surface area contributed by atoms with Crippen molar-refractivity contribution < 1.29 is 13.9 Å². The van der Waals surface area contributed by atoms with Crippen LogP contribution in [0.15, 0.2) is 10.5 Å². The van der Waals surface area contributed by atoms with Crippen molar-refractivity contribution >= 4 is 5.97 Å². The predicted molar refractivity (Wildman–Crippen MR) is 68.4 cm³/mol. The van der Waals surface area contributed by atoms with Crippen LogP contribution >= 0.6 is 0 Å². The molecule has 2 rings (SSSR count). The molecule has 1 aliphatic rings. The fourth-order valence-electron chi connectivity index (χ4n) is 2.36. The summed E-state index contributed by atoms with van der Waals surface area (Å²) in [5.74, 6) is 1.92. The first-order chi connectivity index (χ1) is 8.65. The number of furan rings is 1. The first-order valence-corrected chi connectivity index (χ1v) is 6.56. The average Bonchev–Trinajstić information content (AvgIpc) is 2.99. The fourth-order valence-corrected chi connectivity index (χ4v) is 2.36. The summed E-state index contributed by atoms with van der Waals surface area (Å²) in [6, 6.07) is 2.39. The summed E-state index contributed by atoms with van der Waals surface area (Å²) < 4.78 is 10.2. The van der Waals surface area contributed by atoms with Gasteiger partial charge < -0.3 is 14.5 Å². The number of rotatable bonds is 6. The molecule has 1 saturated carbocycles. The Morgan fingerprint density at radius 3 is 3.06 bits per heavy atom. The molecule has 0 radical (unpaired) electrons. The molecule has 0 aliphatic heterocycles. The third-order valence-electron chi connectivity index (χ3n) is 3.49. The van der Waals surface area contributed by atoms with Crippen molar-refractivity contribution in [2.45, 2.75) is 45.7 Å². The van der Waals surface area contributed by atoms with E-state index < -0.39 is 0 Å². The van der Waals surface area contributed by atoms with Gasteiger partial charge in [0.25, 0.3) is 0 Å². The Hall–Kier alpha value is -1.29. The predicted octanol–water partition coefficient (Wildman–Crippen LogP) is 2.65. The average molecular weight is 251 g/mol. The zero-order chi connectivity index (χ0) is 13.1. The number of carbonyl (C=O) groups excluding carboxylic acids is 1. The van der Waals surface area contributed by atoms with Gasteiger partial charge in [0.05, 0.1) is 13.7 Å². The minimum absolute atomic E-state index is 0.335. The van der Waals surface area contributed by atoms with E-state index in [4.69, 9.17) is 9.15 Å². The maximum absolute atomic E-state index is 11.4. The lowest BCUT2D eigenvalue weighted by molar-refractivity contribution is 0.0599. The van der Waals surface area contributed by atoms with Crippen molar-refractivity contribution in [3.05, 3.63) is 23.2 Å². The number of ether oxygens (including phenoxy) is 1. The maximum atomic E-state index is 11.4. The quantitative estimate of drug-likeness (QED) is 0.790. The zero-order valence-electron chi connectivity index (χ0n) is 11.3. The van der Waals surface area contributed by atoms with E-state index in [1.165, 1.54) is 26.4 Å². The van der Waals surface area contributed by atoms with Crippen LogP contribution in [-0.4, -0.2) is 19.1 Å². The second-order valence-electron chi connectivity index (χ2n) is 4.95. The molecular formula is C14H21NO3. The van der Waals surface area contributed by atoms with E-state index >= 15 is 0 Å². The largest absolute Gasteiger partial charge is 0.465 e. The van der Waals surface area contributed by atoms with Crippen molar-refractivity contribution in [3.63, 3.8) is 0 Å². The summed E-state index contributed by atoms with van der Waals surface area (Å²) in [4.78, 5) is 11.4. The third kappa shape index (κ3) is 2.93. The van der Waals surface area contributed by atoms with Gasteiger partial charge in [-0.1, -0.05) is 13.3 Å². The first-order valence-electron chi connectivity index (χ1n) is 6.56. The lowest BCUT2D eigenvalue weighted by Gasteiger charge is -2.00. The Labute approximate surface area is 108 Å². The van der Waals surface area contributed by atoms with Gasteiger partial charge >= 0.3 is 5.97 Å². The van der Waals surface area contributed by atoms with Gasteiger partial charge in [-0.05, 0) is 31.7 Å². The molecule has 1 heterocycles. The molecule has 2 unspecified atom stereocenters. The number of esters is 1. The summed E-state index contributed by atoms with van der Waals surface area (Å²) in [6.45, 7) is 4.68. The van der Waals surface area contributed by atoms with E-state index in [0.717, 1.165) is 11.7 Å². The highest BCUT2D eigenvalue weighted by Crippen LogP contribution is 2.34. The van der Waals surface area contributed by atoms with E-state index in [9.17, 15) is 4.79 Å². The molecule has 0 amide bonds. The van der Waals surface area contributed by atoms with Gasteiger partial charge in [0, 0.05) is 6.04 Å². The second kappa shape index (κ2) is 5.57. The number of aryl methyl sites for hydroxylation is 1. The topological polar surface area (TPSA) is 51.5 Å². The number of methoxy groups -OCH3 is 1. The van der Waals surface area contributed by atoms with Crippen LogP contribution in [0, 0.1) is 12.8 Å². The Balaban J connectivity index is 1.85. The second-order valence-corrected chi connectivity index (χ2v) is 4.95. The van der Waals surface area contributed by atoms with Crippen LogP contribution in [-0.2, 0) is 11.3 Å². The highest BCUT2D eigenvalue weighted by molar-refractivity contribution is 5.90. The van der Waals surface area contributed by atoms with Crippen molar-refractivity contribution in [2.75, 3.05) is 7.11 Å². The molecule has 4 heteroatoms. The number of nitrogens with one attached hydrogen (secondary N) is 1. The normalized spacial score (nSPS) is 21.9. The van der Waals surface area contributed by atoms with E-state index in [1.807, 2.05) is 0 Å². The van der Waals surface area contributed by atoms with Crippen LogP contribution in [0.1, 0.15) is 48.1 Å². The molecule has 2 atom stereocenters. The monoisotopic (exact) mass is 251 g/mol. The molecule has 100 valence electrons. The number of hydrogen-bond acceptors (Lipinski definition) is 4. The van der Waals surface area contributed by atoms with Gasteiger partial charge in [-0.3, -0.25) is 0 Å². The van der Waals surface area contributed by atoms with Crippen molar-refractivity contribution in [1.82, 2.24) is 5.32 Å². The molecule has 1 aromatic heterocycles. The van der Waals surface area contributed by atoms with Crippen LogP contribution in [0.4, 0.5) is 0 Å². The number of carbonyl (C=O) groups is 1. The maximum Gasteiger partial charge on any atom is 0.341 e. The third-order valence-corrected chi connectivity index (χ3v) is 3.49. The summed E-state index contributed by atoms with van der Waals surface area (Å²) in [6.07, 6.45) is 3.80. The summed E-state index contributed by atoms with van der Waals surface area (Å²) in [7, 11) is 1.38. The van der Waals surface area contributed by atoms with E-state index in [0.29, 0.717) is 23.9 Å². The van der Waals surface area contributed by atoms with Crippen LogP contribution in [0.2, 0.25) is 0 Å². The number of hydrogen-bond donors (Lipinski definition) is 1. The molecule has 0 aromatic carbocycles. The van der Waals surface area contributed by atoms with Gasteiger partial charge in [0.1, 0.15) is 17.1 Å². The first kappa shape index (κ1) is 13.1. The van der Waals surface area contributed by atoms with Gasteiger partial charge in [-0.25, -0.2) is 4.79 Å². The Morgan fingerprint density at radius 1 is 1.61 bits per heavy atom. The standard InChI is InChI=1S/C14H21NO3/c1-4-5-10-6-13(10)15-8-11-7-12(9(2)18-11)14(16)17-3/h7,10,13,15H,4-6,8H2,1-3H3. The smallest absolute Gasteiger partial charge is 0.341 e. The van der Waals surface area contributed by atoms with Crippen LogP contribution < -0.4 is 5.32 Å². The summed E-state index contributed by atoms with van der Waals surface area (Å²) >= 11 is 0. The summed E-state index contributed by atoms with van der Waals surface area (Å²) in [5.41, 5.74) is 0.523. The van der Waals surface area contributed by atoms with Crippen molar-refractivity contribution in [2.24, 2.45) is 5.92 Å². The summed E-state index contributed by atoms with van der Waals surface area (Å²) in [5, 5.41) is 3.46. The van der Waals surface area contributed by atoms with Gasteiger partial charge in [-0.15, -0.1) is 0 Å². The minimum atomic E-state index is -0.335. The fraction of sp³-hybridized carbons (Fsp3) is 0.643. The van der Waals surface area contributed by atoms with Crippen molar-refractivity contribution in [1.29, 1.82) is 0 Å². The van der Waals surface area contributed by atoms with Crippen LogP contribution in [0.5, 0.6) is 0 Å². The van der Waals surface area contributed by atoms with Gasteiger partial charge in [-0.2, -0.15) is 0 Å². The lowest BCUT2D eigenvalue weighted by Crippen LogP contribution is -2.17. The van der Waals surface area contributed by atoms with E-state index in [-0.39, 0.29) is 5.97 Å². The molecule has 1 N–H and O–H groups in total. The lowest BCUT2D eigenvalue weighted by atomic mass is 10.2. The van der Waals surface area contributed by atoms with Gasteiger partial charge in [0.15, 0.2) is 0 Å². The molecule has 0 bridgehead atoms.